The maximum atomic E-state index is 12.6. The van der Waals surface area contributed by atoms with Gasteiger partial charge in [0.1, 0.15) is 6.10 Å². The Bertz CT molecular complexity index is 880. The van der Waals surface area contributed by atoms with Crippen molar-refractivity contribution in [1.29, 1.82) is 0 Å². The van der Waals surface area contributed by atoms with Gasteiger partial charge in [-0.3, -0.25) is 9.35 Å². The van der Waals surface area contributed by atoms with E-state index in [4.69, 9.17) is 0 Å². The van der Waals surface area contributed by atoms with Crippen LogP contribution in [0.5, 0.6) is 0 Å². The van der Waals surface area contributed by atoms with E-state index in [1.807, 2.05) is 0 Å². The first-order valence-corrected chi connectivity index (χ1v) is 23.6. The van der Waals surface area contributed by atoms with Crippen LogP contribution in [-0.2, 0) is 14.9 Å². The molecule has 8 heteroatoms. The fraction of sp³-hybridized carbons (Fsp3) is 0.930. The summed E-state index contributed by atoms with van der Waals surface area (Å²) in [5.74, 6) is -1.45. The molecule has 0 aliphatic rings. The Morgan fingerprint density at radius 1 is 0.510 bits per heavy atom. The van der Waals surface area contributed by atoms with Crippen molar-refractivity contribution in [3.63, 3.8) is 0 Å². The summed E-state index contributed by atoms with van der Waals surface area (Å²) in [7, 11) is -4.41. The highest BCUT2D eigenvalue weighted by atomic mass is 32.2. The standard InChI is InChI=1S/C43H85NO6S/c1-3-5-7-9-11-13-15-17-18-19-20-21-22-23-24-26-28-30-32-34-36-38-42(46)43(47)44-40(39-51(48,49)50)41(45)37-35-33-31-29-27-25-16-14-12-10-8-6-4-2/h22-23,40-42,45-46H,3-21,24-39H2,1-2H3,(H,44,47)(H,48,49,50)/b23-22-. The molecule has 0 rings (SSSR count). The first-order chi connectivity index (χ1) is 24.7. The average Bonchev–Trinajstić information content (AvgIpc) is 3.09. The summed E-state index contributed by atoms with van der Waals surface area (Å²) < 4.78 is 32.6. The number of aliphatic hydroxyl groups is 2. The zero-order chi connectivity index (χ0) is 37.7. The minimum absolute atomic E-state index is 0.293. The summed E-state index contributed by atoms with van der Waals surface area (Å²) in [5, 5.41) is 23.6. The Kier molecular flexibility index (Phi) is 36.7. The van der Waals surface area contributed by atoms with Gasteiger partial charge in [0.2, 0.25) is 5.91 Å². The second-order valence-corrected chi connectivity index (χ2v) is 17.0. The lowest BCUT2D eigenvalue weighted by Gasteiger charge is -2.24. The molecule has 0 radical (unpaired) electrons. The van der Waals surface area contributed by atoms with E-state index < -0.39 is 40.0 Å². The molecule has 0 saturated heterocycles. The van der Waals surface area contributed by atoms with Gasteiger partial charge in [0.05, 0.1) is 17.9 Å². The van der Waals surface area contributed by atoms with Crippen molar-refractivity contribution in [3.05, 3.63) is 12.2 Å². The van der Waals surface area contributed by atoms with Crippen LogP contribution in [0.1, 0.15) is 232 Å². The van der Waals surface area contributed by atoms with Crippen molar-refractivity contribution in [2.75, 3.05) is 5.75 Å². The van der Waals surface area contributed by atoms with Gasteiger partial charge < -0.3 is 15.5 Å². The third kappa shape index (κ3) is 37.2. The zero-order valence-electron chi connectivity index (χ0n) is 33.6. The van der Waals surface area contributed by atoms with E-state index in [0.717, 1.165) is 44.9 Å². The molecule has 0 saturated carbocycles. The molecule has 3 atom stereocenters. The van der Waals surface area contributed by atoms with Gasteiger partial charge in [-0.2, -0.15) is 8.42 Å². The van der Waals surface area contributed by atoms with Crippen LogP contribution in [0.3, 0.4) is 0 Å². The Morgan fingerprint density at radius 2 is 0.824 bits per heavy atom. The van der Waals surface area contributed by atoms with Crippen LogP contribution in [0.2, 0.25) is 0 Å². The Balaban J connectivity index is 3.90. The topological polar surface area (TPSA) is 124 Å². The number of unbranched alkanes of at least 4 members (excludes halogenated alkanes) is 29. The summed E-state index contributed by atoms with van der Waals surface area (Å²) in [6, 6.07) is -1.15. The molecule has 51 heavy (non-hydrogen) atoms. The summed E-state index contributed by atoms with van der Waals surface area (Å²) in [5.41, 5.74) is 0. The fourth-order valence-electron chi connectivity index (χ4n) is 6.93. The van der Waals surface area contributed by atoms with Gasteiger partial charge in [0.15, 0.2) is 0 Å². The summed E-state index contributed by atoms with van der Waals surface area (Å²) in [4.78, 5) is 12.6. The predicted octanol–water partition coefficient (Wildman–Crippen LogP) is 11.9. The van der Waals surface area contributed by atoms with Crippen molar-refractivity contribution >= 4 is 16.0 Å². The number of aliphatic hydroxyl groups excluding tert-OH is 2. The van der Waals surface area contributed by atoms with Crippen LogP contribution in [-0.4, -0.2) is 53.1 Å². The maximum Gasteiger partial charge on any atom is 0.266 e. The van der Waals surface area contributed by atoms with Gasteiger partial charge in [-0.25, -0.2) is 0 Å². The number of amides is 1. The van der Waals surface area contributed by atoms with Crippen molar-refractivity contribution in [3.8, 4) is 0 Å². The van der Waals surface area contributed by atoms with E-state index in [0.29, 0.717) is 25.7 Å². The first kappa shape index (κ1) is 50.0. The number of carbonyl (C=O) groups is 1. The molecule has 304 valence electrons. The number of rotatable bonds is 40. The molecule has 1 amide bonds. The van der Waals surface area contributed by atoms with Gasteiger partial charge >= 0.3 is 0 Å². The van der Waals surface area contributed by atoms with Crippen molar-refractivity contribution in [2.24, 2.45) is 0 Å². The van der Waals surface area contributed by atoms with E-state index in [1.165, 1.54) is 148 Å². The molecule has 4 N–H and O–H groups in total. The molecular formula is C43H85NO6S. The predicted molar refractivity (Wildman–Crippen MR) is 218 cm³/mol. The maximum absolute atomic E-state index is 12.6. The van der Waals surface area contributed by atoms with Gasteiger partial charge in [-0.1, -0.05) is 206 Å². The summed E-state index contributed by atoms with van der Waals surface area (Å²) in [6.07, 6.45) is 42.3. The first-order valence-electron chi connectivity index (χ1n) is 22.0. The van der Waals surface area contributed by atoms with Crippen LogP contribution in [0, 0.1) is 0 Å². The molecule has 0 bridgehead atoms. The second-order valence-electron chi connectivity index (χ2n) is 15.5. The van der Waals surface area contributed by atoms with Crippen LogP contribution in [0.15, 0.2) is 12.2 Å². The third-order valence-corrected chi connectivity index (χ3v) is 11.1. The Morgan fingerprint density at radius 3 is 1.18 bits per heavy atom. The highest BCUT2D eigenvalue weighted by Gasteiger charge is 2.28. The van der Waals surface area contributed by atoms with Gasteiger partial charge in [0, 0.05) is 0 Å². The monoisotopic (exact) mass is 744 g/mol. The van der Waals surface area contributed by atoms with Crippen molar-refractivity contribution in [2.45, 2.75) is 250 Å². The van der Waals surface area contributed by atoms with E-state index in [9.17, 15) is 28.0 Å². The molecule has 3 unspecified atom stereocenters. The van der Waals surface area contributed by atoms with E-state index >= 15 is 0 Å². The highest BCUT2D eigenvalue weighted by Crippen LogP contribution is 2.16. The van der Waals surface area contributed by atoms with E-state index in [2.05, 4.69) is 31.3 Å². The Labute approximate surface area is 316 Å². The number of nitrogens with one attached hydrogen (secondary N) is 1. The molecule has 0 aromatic carbocycles. The SMILES string of the molecule is CCCCCCCCCCCCC/C=C\CCCCCCCCC(O)C(=O)NC(CS(=O)(=O)O)C(O)CCCCCCCCCCCCCCC. The van der Waals surface area contributed by atoms with E-state index in [-0.39, 0.29) is 0 Å². The fourth-order valence-corrected chi connectivity index (χ4v) is 7.69. The number of hydrogen-bond donors (Lipinski definition) is 4. The molecular weight excluding hydrogens is 659 g/mol. The Hall–Kier alpha value is -0.960. The molecule has 0 aliphatic heterocycles. The van der Waals surface area contributed by atoms with Crippen molar-refractivity contribution < 1.29 is 28.0 Å². The van der Waals surface area contributed by atoms with Crippen LogP contribution < -0.4 is 5.32 Å². The lowest BCUT2D eigenvalue weighted by Crippen LogP contribution is -2.50. The van der Waals surface area contributed by atoms with E-state index in [1.54, 1.807) is 0 Å². The summed E-state index contributed by atoms with van der Waals surface area (Å²) >= 11 is 0. The summed E-state index contributed by atoms with van der Waals surface area (Å²) in [6.45, 7) is 4.51. The largest absolute Gasteiger partial charge is 0.391 e. The lowest BCUT2D eigenvalue weighted by molar-refractivity contribution is -0.131. The van der Waals surface area contributed by atoms with Crippen molar-refractivity contribution in [1.82, 2.24) is 5.32 Å². The molecule has 0 aliphatic carbocycles. The third-order valence-electron chi connectivity index (χ3n) is 10.3. The number of hydrogen-bond acceptors (Lipinski definition) is 5. The quantitative estimate of drug-likeness (QED) is 0.0281. The zero-order valence-corrected chi connectivity index (χ0v) is 34.4. The minimum Gasteiger partial charge on any atom is -0.391 e. The number of allylic oxidation sites excluding steroid dienone is 2. The minimum atomic E-state index is -4.41. The van der Waals surface area contributed by atoms with Gasteiger partial charge in [-0.05, 0) is 38.5 Å². The highest BCUT2D eigenvalue weighted by molar-refractivity contribution is 7.85. The average molecular weight is 744 g/mol. The van der Waals surface area contributed by atoms with Gasteiger partial charge in [0.25, 0.3) is 10.1 Å². The van der Waals surface area contributed by atoms with Crippen LogP contribution in [0.25, 0.3) is 0 Å². The second kappa shape index (κ2) is 37.4. The number of carbonyl (C=O) groups excluding carboxylic acids is 1. The normalized spacial score (nSPS) is 13.9. The molecule has 0 spiro atoms. The molecule has 0 aromatic heterocycles. The smallest absolute Gasteiger partial charge is 0.266 e. The molecule has 7 nitrogen and oxygen atoms in total. The molecule has 0 heterocycles. The van der Waals surface area contributed by atoms with Crippen LogP contribution in [0.4, 0.5) is 0 Å². The lowest BCUT2D eigenvalue weighted by atomic mass is 10.0. The van der Waals surface area contributed by atoms with Gasteiger partial charge in [-0.15, -0.1) is 0 Å². The molecule has 0 fully saturated rings. The molecule has 0 aromatic rings. The van der Waals surface area contributed by atoms with Crippen LogP contribution >= 0.6 is 0 Å².